The fourth-order valence-electron chi connectivity index (χ4n) is 3.81. The number of aliphatic hydroxyl groups is 1. The molecule has 2 saturated heterocycles. The Labute approximate surface area is 153 Å². The first-order valence-electron chi connectivity index (χ1n) is 9.52. The topological polar surface area (TPSA) is 83.2 Å². The second-order valence-corrected chi connectivity index (χ2v) is 7.66. The quantitative estimate of drug-likeness (QED) is 0.892. The van der Waals surface area contributed by atoms with Crippen LogP contribution >= 0.6 is 0 Å². The number of nitrogens with zero attached hydrogens (tertiary/aromatic N) is 7. The van der Waals surface area contributed by atoms with E-state index in [1.54, 1.807) is 11.0 Å². The van der Waals surface area contributed by atoms with Crippen LogP contribution in [-0.2, 0) is 5.60 Å². The second-order valence-electron chi connectivity index (χ2n) is 7.66. The molecule has 2 aliphatic heterocycles. The Kier molecular flexibility index (Phi) is 4.52. The Hall–Kier alpha value is -2.22. The summed E-state index contributed by atoms with van der Waals surface area (Å²) in [5.74, 6) is 1.85. The zero-order valence-electron chi connectivity index (χ0n) is 15.5. The Balaban J connectivity index is 1.55. The van der Waals surface area contributed by atoms with Gasteiger partial charge in [0.25, 0.3) is 0 Å². The molecular formula is C18H27N7O. The average molecular weight is 357 g/mol. The zero-order chi connectivity index (χ0) is 18.1. The van der Waals surface area contributed by atoms with Gasteiger partial charge >= 0.3 is 0 Å². The first-order chi connectivity index (χ1) is 12.5. The van der Waals surface area contributed by atoms with E-state index < -0.39 is 5.60 Å². The standard InChI is InChI=1S/C18H27N7O/c1-14(2)25-11-15(21-22-25)18(26)6-5-9-24(12-18)17-10-16(19-13-20-17)23-7-3-4-8-23/h10-11,13-14,26H,3-9,12H2,1-2H3. The molecule has 0 aromatic carbocycles. The van der Waals surface area contributed by atoms with Gasteiger partial charge in [0.05, 0.1) is 12.7 Å². The molecule has 26 heavy (non-hydrogen) atoms. The zero-order valence-corrected chi connectivity index (χ0v) is 15.5. The second kappa shape index (κ2) is 6.83. The van der Waals surface area contributed by atoms with E-state index in [9.17, 15) is 5.11 Å². The van der Waals surface area contributed by atoms with E-state index in [2.05, 4.69) is 43.9 Å². The molecule has 140 valence electrons. The molecule has 0 spiro atoms. The highest BCUT2D eigenvalue weighted by Crippen LogP contribution is 2.33. The largest absolute Gasteiger partial charge is 0.382 e. The summed E-state index contributed by atoms with van der Waals surface area (Å²) in [6.45, 7) is 7.56. The van der Waals surface area contributed by atoms with Crippen molar-refractivity contribution in [3.63, 3.8) is 0 Å². The Bertz CT molecular complexity index is 756. The summed E-state index contributed by atoms with van der Waals surface area (Å²) in [5.41, 5.74) is -0.353. The van der Waals surface area contributed by atoms with Crippen molar-refractivity contribution < 1.29 is 5.11 Å². The average Bonchev–Trinajstić information content (AvgIpc) is 3.34. The molecular weight excluding hydrogens is 330 g/mol. The summed E-state index contributed by atoms with van der Waals surface area (Å²) in [4.78, 5) is 13.3. The third-order valence-corrected chi connectivity index (χ3v) is 5.38. The molecule has 4 heterocycles. The van der Waals surface area contributed by atoms with Crippen molar-refractivity contribution in [3.05, 3.63) is 24.3 Å². The van der Waals surface area contributed by atoms with Crippen molar-refractivity contribution in [2.24, 2.45) is 0 Å². The molecule has 1 atom stereocenters. The summed E-state index contributed by atoms with van der Waals surface area (Å²) >= 11 is 0. The van der Waals surface area contributed by atoms with E-state index in [1.165, 1.54) is 12.8 Å². The van der Waals surface area contributed by atoms with Gasteiger partial charge < -0.3 is 14.9 Å². The van der Waals surface area contributed by atoms with E-state index in [0.29, 0.717) is 18.7 Å². The monoisotopic (exact) mass is 357 g/mol. The molecule has 8 heteroatoms. The van der Waals surface area contributed by atoms with Crippen LogP contribution in [-0.4, -0.2) is 56.2 Å². The first-order valence-corrected chi connectivity index (χ1v) is 9.52. The lowest BCUT2D eigenvalue weighted by Gasteiger charge is -2.38. The highest BCUT2D eigenvalue weighted by molar-refractivity contribution is 5.51. The number of rotatable bonds is 4. The highest BCUT2D eigenvalue weighted by Gasteiger charge is 2.38. The van der Waals surface area contributed by atoms with E-state index in [4.69, 9.17) is 0 Å². The Morgan fingerprint density at radius 1 is 1.04 bits per heavy atom. The van der Waals surface area contributed by atoms with E-state index in [-0.39, 0.29) is 6.04 Å². The molecule has 2 fully saturated rings. The van der Waals surface area contributed by atoms with Gasteiger partial charge in [-0.3, -0.25) is 0 Å². The number of β-amino-alcohol motifs (C(OH)–C–C–N with tert-alkyl or cyclic N) is 1. The van der Waals surface area contributed by atoms with Crippen LogP contribution in [0.5, 0.6) is 0 Å². The van der Waals surface area contributed by atoms with Crippen LogP contribution in [0.2, 0.25) is 0 Å². The number of hydrogen-bond donors (Lipinski definition) is 1. The van der Waals surface area contributed by atoms with Crippen molar-refractivity contribution in [1.29, 1.82) is 0 Å². The Morgan fingerprint density at radius 3 is 2.42 bits per heavy atom. The normalized spacial score (nSPS) is 23.8. The molecule has 4 rings (SSSR count). The van der Waals surface area contributed by atoms with Gasteiger partial charge in [-0.25, -0.2) is 14.6 Å². The van der Waals surface area contributed by atoms with Gasteiger partial charge in [0, 0.05) is 31.7 Å². The van der Waals surface area contributed by atoms with Crippen LogP contribution in [0.25, 0.3) is 0 Å². The van der Waals surface area contributed by atoms with E-state index in [1.807, 2.05) is 12.3 Å². The van der Waals surface area contributed by atoms with Crippen LogP contribution in [0.1, 0.15) is 51.3 Å². The predicted molar refractivity (Wildman–Crippen MR) is 99.2 cm³/mol. The van der Waals surface area contributed by atoms with Crippen LogP contribution in [0, 0.1) is 0 Å². The lowest BCUT2D eigenvalue weighted by atomic mass is 9.90. The van der Waals surface area contributed by atoms with Crippen molar-refractivity contribution >= 4 is 11.6 Å². The summed E-state index contributed by atoms with van der Waals surface area (Å²) in [6, 6.07) is 2.27. The van der Waals surface area contributed by atoms with Gasteiger partial charge in [-0.1, -0.05) is 5.21 Å². The molecule has 0 radical (unpaired) electrons. The fourth-order valence-corrected chi connectivity index (χ4v) is 3.81. The third kappa shape index (κ3) is 3.25. The number of hydrogen-bond acceptors (Lipinski definition) is 7. The fraction of sp³-hybridized carbons (Fsp3) is 0.667. The van der Waals surface area contributed by atoms with Crippen LogP contribution in [0.15, 0.2) is 18.6 Å². The summed E-state index contributed by atoms with van der Waals surface area (Å²) in [5, 5.41) is 19.6. The van der Waals surface area contributed by atoms with Crippen molar-refractivity contribution in [2.75, 3.05) is 36.0 Å². The van der Waals surface area contributed by atoms with Crippen molar-refractivity contribution in [1.82, 2.24) is 25.0 Å². The minimum atomic E-state index is -0.996. The third-order valence-electron chi connectivity index (χ3n) is 5.38. The number of anilines is 2. The van der Waals surface area contributed by atoms with Crippen LogP contribution < -0.4 is 9.80 Å². The maximum absolute atomic E-state index is 11.2. The van der Waals surface area contributed by atoms with Gasteiger partial charge in [0.15, 0.2) is 0 Å². The number of piperidine rings is 1. The summed E-state index contributed by atoms with van der Waals surface area (Å²) < 4.78 is 1.79. The Morgan fingerprint density at radius 2 is 1.73 bits per heavy atom. The van der Waals surface area contributed by atoms with Crippen molar-refractivity contribution in [2.45, 2.75) is 51.2 Å². The maximum atomic E-state index is 11.2. The lowest BCUT2D eigenvalue weighted by Crippen LogP contribution is -2.46. The number of aromatic nitrogens is 5. The first kappa shape index (κ1) is 17.2. The van der Waals surface area contributed by atoms with E-state index in [0.717, 1.165) is 37.7 Å². The van der Waals surface area contributed by atoms with Gasteiger partial charge in [0.2, 0.25) is 0 Å². The molecule has 0 saturated carbocycles. The lowest BCUT2D eigenvalue weighted by molar-refractivity contribution is 0.0174. The smallest absolute Gasteiger partial charge is 0.134 e. The molecule has 0 amide bonds. The van der Waals surface area contributed by atoms with Crippen molar-refractivity contribution in [3.8, 4) is 0 Å². The highest BCUT2D eigenvalue weighted by atomic mass is 16.3. The van der Waals surface area contributed by atoms with Gasteiger partial charge in [-0.15, -0.1) is 5.10 Å². The molecule has 2 aromatic rings. The summed E-state index contributed by atoms with van der Waals surface area (Å²) in [7, 11) is 0. The molecule has 1 unspecified atom stereocenters. The SMILES string of the molecule is CC(C)n1cc(C2(O)CCCN(c3cc(N4CCCC4)ncn3)C2)nn1. The van der Waals surface area contributed by atoms with Gasteiger partial charge in [-0.05, 0) is 39.5 Å². The van der Waals surface area contributed by atoms with Gasteiger partial charge in [-0.2, -0.15) is 0 Å². The maximum Gasteiger partial charge on any atom is 0.134 e. The molecule has 2 aromatic heterocycles. The molecule has 0 bridgehead atoms. The van der Waals surface area contributed by atoms with Gasteiger partial charge in [0.1, 0.15) is 29.3 Å². The van der Waals surface area contributed by atoms with Crippen LogP contribution in [0.3, 0.4) is 0 Å². The van der Waals surface area contributed by atoms with E-state index >= 15 is 0 Å². The predicted octanol–water partition coefficient (Wildman–Crippen LogP) is 1.74. The summed E-state index contributed by atoms with van der Waals surface area (Å²) in [6.07, 6.45) is 7.50. The molecule has 2 aliphatic rings. The van der Waals surface area contributed by atoms with Crippen LogP contribution in [0.4, 0.5) is 11.6 Å². The molecule has 8 nitrogen and oxygen atoms in total. The molecule has 0 aliphatic carbocycles. The minimum absolute atomic E-state index is 0.226. The minimum Gasteiger partial charge on any atom is -0.382 e. The molecule has 1 N–H and O–H groups in total.